The van der Waals surface area contributed by atoms with E-state index in [1.807, 2.05) is 19.4 Å². The molecule has 1 atom stereocenters. The Morgan fingerprint density at radius 3 is 2.57 bits per heavy atom. The molecule has 0 saturated heterocycles. The summed E-state index contributed by atoms with van der Waals surface area (Å²) in [6, 6.07) is 0.0728. The van der Waals surface area contributed by atoms with Crippen LogP contribution in [0.15, 0.2) is 12.4 Å². The van der Waals surface area contributed by atoms with Crippen molar-refractivity contribution in [3.8, 4) is 0 Å². The SMILES string of the molecule is CCN(CC)CC(N)c1cnn(C)c1. The van der Waals surface area contributed by atoms with E-state index in [-0.39, 0.29) is 6.04 Å². The third kappa shape index (κ3) is 2.82. The van der Waals surface area contributed by atoms with E-state index in [0.29, 0.717) is 0 Å². The number of hydrogen-bond acceptors (Lipinski definition) is 3. The van der Waals surface area contributed by atoms with Gasteiger partial charge in [-0.1, -0.05) is 13.8 Å². The van der Waals surface area contributed by atoms with Gasteiger partial charge in [0.15, 0.2) is 0 Å². The van der Waals surface area contributed by atoms with Gasteiger partial charge in [-0.3, -0.25) is 4.68 Å². The molecule has 1 unspecified atom stereocenters. The number of likely N-dealkylation sites (N-methyl/N-ethyl adjacent to an activating group) is 1. The van der Waals surface area contributed by atoms with Gasteiger partial charge in [0.05, 0.1) is 6.20 Å². The van der Waals surface area contributed by atoms with E-state index in [1.165, 1.54) is 0 Å². The molecule has 0 fully saturated rings. The Kier molecular flexibility index (Phi) is 4.10. The van der Waals surface area contributed by atoms with Gasteiger partial charge in [0, 0.05) is 31.4 Å². The second-order valence-electron chi connectivity index (χ2n) is 3.54. The van der Waals surface area contributed by atoms with Gasteiger partial charge in [-0.25, -0.2) is 0 Å². The maximum atomic E-state index is 6.07. The Balaban J connectivity index is 2.53. The minimum absolute atomic E-state index is 0.0728. The first-order valence-corrected chi connectivity index (χ1v) is 5.13. The number of nitrogens with zero attached hydrogens (tertiary/aromatic N) is 3. The molecule has 0 aliphatic rings. The monoisotopic (exact) mass is 196 g/mol. The highest BCUT2D eigenvalue weighted by atomic mass is 15.2. The van der Waals surface area contributed by atoms with Crippen LogP contribution in [0.3, 0.4) is 0 Å². The number of hydrogen-bond donors (Lipinski definition) is 1. The largest absolute Gasteiger partial charge is 0.323 e. The highest BCUT2D eigenvalue weighted by Crippen LogP contribution is 2.09. The minimum Gasteiger partial charge on any atom is -0.323 e. The van der Waals surface area contributed by atoms with Gasteiger partial charge in [-0.2, -0.15) is 5.10 Å². The zero-order valence-electron chi connectivity index (χ0n) is 9.27. The Morgan fingerprint density at radius 2 is 2.14 bits per heavy atom. The number of nitrogens with two attached hydrogens (primary N) is 1. The maximum Gasteiger partial charge on any atom is 0.0537 e. The smallest absolute Gasteiger partial charge is 0.0537 e. The van der Waals surface area contributed by atoms with Crippen LogP contribution in [0.25, 0.3) is 0 Å². The highest BCUT2D eigenvalue weighted by Gasteiger charge is 2.10. The molecule has 14 heavy (non-hydrogen) atoms. The van der Waals surface area contributed by atoms with Gasteiger partial charge in [0.25, 0.3) is 0 Å². The van der Waals surface area contributed by atoms with Crippen LogP contribution in [0, 0.1) is 0 Å². The predicted octanol–water partition coefficient (Wildman–Crippen LogP) is 0.762. The molecule has 1 rings (SSSR count). The Bertz CT molecular complexity index is 265. The van der Waals surface area contributed by atoms with Gasteiger partial charge < -0.3 is 10.6 Å². The summed E-state index contributed by atoms with van der Waals surface area (Å²) < 4.78 is 1.79. The van der Waals surface area contributed by atoms with Crippen LogP contribution in [0.1, 0.15) is 25.5 Å². The molecule has 1 aromatic heterocycles. The highest BCUT2D eigenvalue weighted by molar-refractivity contribution is 5.09. The van der Waals surface area contributed by atoms with E-state index in [2.05, 4.69) is 23.8 Å². The Labute approximate surface area is 85.7 Å². The topological polar surface area (TPSA) is 47.1 Å². The number of aryl methyl sites for hydroxylation is 1. The van der Waals surface area contributed by atoms with Crippen LogP contribution in [-0.2, 0) is 7.05 Å². The molecule has 0 aromatic carbocycles. The molecule has 0 radical (unpaired) electrons. The van der Waals surface area contributed by atoms with E-state index in [1.54, 1.807) is 4.68 Å². The molecule has 0 spiro atoms. The van der Waals surface area contributed by atoms with Crippen molar-refractivity contribution in [3.05, 3.63) is 18.0 Å². The lowest BCUT2D eigenvalue weighted by Gasteiger charge is -2.21. The normalized spacial score (nSPS) is 13.5. The average molecular weight is 196 g/mol. The van der Waals surface area contributed by atoms with Crippen molar-refractivity contribution in [1.29, 1.82) is 0 Å². The molecular formula is C10H20N4. The third-order valence-electron chi connectivity index (χ3n) is 2.50. The van der Waals surface area contributed by atoms with Crippen LogP contribution < -0.4 is 5.73 Å². The molecule has 4 heteroatoms. The average Bonchev–Trinajstić information content (AvgIpc) is 2.61. The Morgan fingerprint density at radius 1 is 1.50 bits per heavy atom. The fourth-order valence-corrected chi connectivity index (χ4v) is 1.50. The zero-order valence-corrected chi connectivity index (χ0v) is 9.27. The molecular weight excluding hydrogens is 176 g/mol. The zero-order chi connectivity index (χ0) is 10.6. The molecule has 80 valence electrons. The lowest BCUT2D eigenvalue weighted by Crippen LogP contribution is -2.31. The van der Waals surface area contributed by atoms with Gasteiger partial charge >= 0.3 is 0 Å². The third-order valence-corrected chi connectivity index (χ3v) is 2.50. The molecule has 2 N–H and O–H groups in total. The molecule has 0 aliphatic carbocycles. The fraction of sp³-hybridized carbons (Fsp3) is 0.700. The van der Waals surface area contributed by atoms with E-state index in [9.17, 15) is 0 Å². The first-order valence-electron chi connectivity index (χ1n) is 5.13. The van der Waals surface area contributed by atoms with E-state index < -0.39 is 0 Å². The van der Waals surface area contributed by atoms with E-state index in [0.717, 1.165) is 25.2 Å². The molecule has 0 bridgehead atoms. The van der Waals surface area contributed by atoms with E-state index in [4.69, 9.17) is 5.73 Å². The van der Waals surface area contributed by atoms with Gasteiger partial charge in [0.1, 0.15) is 0 Å². The molecule has 1 aromatic rings. The minimum atomic E-state index is 0.0728. The summed E-state index contributed by atoms with van der Waals surface area (Å²) in [5.74, 6) is 0. The molecule has 4 nitrogen and oxygen atoms in total. The van der Waals surface area contributed by atoms with Crippen molar-refractivity contribution >= 4 is 0 Å². The second kappa shape index (κ2) is 5.12. The van der Waals surface area contributed by atoms with Crippen LogP contribution in [0.4, 0.5) is 0 Å². The standard InChI is InChI=1S/C10H20N4/c1-4-14(5-2)8-10(11)9-6-12-13(3)7-9/h6-7,10H,4-5,8,11H2,1-3H3. The van der Waals surface area contributed by atoms with Crippen molar-refractivity contribution < 1.29 is 0 Å². The maximum absolute atomic E-state index is 6.07. The lowest BCUT2D eigenvalue weighted by molar-refractivity contribution is 0.284. The van der Waals surface area contributed by atoms with Gasteiger partial charge in [-0.15, -0.1) is 0 Å². The van der Waals surface area contributed by atoms with Gasteiger partial charge in [-0.05, 0) is 13.1 Å². The van der Waals surface area contributed by atoms with Crippen LogP contribution >= 0.6 is 0 Å². The first-order chi connectivity index (χ1) is 6.67. The quantitative estimate of drug-likeness (QED) is 0.756. The van der Waals surface area contributed by atoms with Crippen molar-refractivity contribution in [2.45, 2.75) is 19.9 Å². The number of aromatic nitrogens is 2. The summed E-state index contributed by atoms with van der Waals surface area (Å²) in [7, 11) is 1.91. The number of rotatable bonds is 5. The van der Waals surface area contributed by atoms with Crippen molar-refractivity contribution in [1.82, 2.24) is 14.7 Å². The summed E-state index contributed by atoms with van der Waals surface area (Å²) in [5, 5.41) is 4.11. The second-order valence-corrected chi connectivity index (χ2v) is 3.54. The molecule has 0 saturated carbocycles. The van der Waals surface area contributed by atoms with E-state index >= 15 is 0 Å². The van der Waals surface area contributed by atoms with Gasteiger partial charge in [0.2, 0.25) is 0 Å². The predicted molar refractivity (Wildman–Crippen MR) is 57.9 cm³/mol. The summed E-state index contributed by atoms with van der Waals surface area (Å²) in [5.41, 5.74) is 7.18. The summed E-state index contributed by atoms with van der Waals surface area (Å²) in [4.78, 5) is 2.32. The molecule has 0 aliphatic heterocycles. The summed E-state index contributed by atoms with van der Waals surface area (Å²) in [6.07, 6.45) is 3.82. The fourth-order valence-electron chi connectivity index (χ4n) is 1.50. The molecule has 0 amide bonds. The molecule has 1 heterocycles. The lowest BCUT2D eigenvalue weighted by atomic mass is 10.1. The van der Waals surface area contributed by atoms with Crippen molar-refractivity contribution in [2.24, 2.45) is 12.8 Å². The summed E-state index contributed by atoms with van der Waals surface area (Å²) in [6.45, 7) is 7.30. The van der Waals surface area contributed by atoms with Crippen molar-refractivity contribution in [2.75, 3.05) is 19.6 Å². The summed E-state index contributed by atoms with van der Waals surface area (Å²) >= 11 is 0. The Hall–Kier alpha value is -0.870. The van der Waals surface area contributed by atoms with Crippen LogP contribution in [-0.4, -0.2) is 34.3 Å². The van der Waals surface area contributed by atoms with Crippen LogP contribution in [0.5, 0.6) is 0 Å². The first kappa shape index (κ1) is 11.2. The van der Waals surface area contributed by atoms with Crippen LogP contribution in [0.2, 0.25) is 0 Å². The van der Waals surface area contributed by atoms with Crippen molar-refractivity contribution in [3.63, 3.8) is 0 Å².